The first-order valence-electron chi connectivity index (χ1n) is 4.89. The van der Waals surface area contributed by atoms with Gasteiger partial charge < -0.3 is 0 Å². The van der Waals surface area contributed by atoms with Gasteiger partial charge in [0.15, 0.2) is 0 Å². The minimum Gasteiger partial charge on any atom is -0.268 e. The number of nitrogens with one attached hydrogen (secondary N) is 1. The number of benzene rings is 1. The van der Waals surface area contributed by atoms with Crippen LogP contribution in [0.4, 0.5) is 5.69 Å². The average Bonchev–Trinajstić information content (AvgIpc) is 2.15. The van der Waals surface area contributed by atoms with Crippen molar-refractivity contribution in [3.63, 3.8) is 0 Å². The van der Waals surface area contributed by atoms with Gasteiger partial charge >= 0.3 is 33.3 Å². The van der Waals surface area contributed by atoms with E-state index in [1.807, 2.05) is 0 Å². The number of hydrogen-bond donors (Lipinski definition) is 1. The van der Waals surface area contributed by atoms with Crippen molar-refractivity contribution in [2.24, 2.45) is 0 Å². The van der Waals surface area contributed by atoms with Gasteiger partial charge in [0.25, 0.3) is 5.91 Å². The zero-order valence-corrected chi connectivity index (χ0v) is 11.9. The fourth-order valence-corrected chi connectivity index (χ4v) is 3.11. The molecule has 0 bridgehead atoms. The van der Waals surface area contributed by atoms with Gasteiger partial charge in [0.1, 0.15) is 0 Å². The molecule has 0 saturated heterocycles. The Morgan fingerprint density at radius 2 is 1.82 bits per heavy atom. The Balaban J connectivity index is 0.00000144. The Kier molecular flexibility index (Phi) is 4.05. The predicted octanol–water partition coefficient (Wildman–Crippen LogP) is 0.827. The van der Waals surface area contributed by atoms with E-state index in [1.165, 1.54) is 0 Å². The molecule has 1 aromatic carbocycles. The summed E-state index contributed by atoms with van der Waals surface area (Å²) in [6.45, 7) is 3.32. The molecule has 0 fully saturated rings. The predicted molar refractivity (Wildman–Crippen MR) is 66.0 cm³/mol. The van der Waals surface area contributed by atoms with E-state index in [4.69, 9.17) is 0 Å². The maximum atomic E-state index is 12.0. The molecule has 1 amide bonds. The van der Waals surface area contributed by atoms with Gasteiger partial charge in [-0.25, -0.2) is 4.31 Å². The molecule has 17 heavy (non-hydrogen) atoms. The molecule has 1 aromatic rings. The number of rotatable bonds is 1. The largest absolute Gasteiger partial charge is 2.00 e. The fourth-order valence-electron chi connectivity index (χ4n) is 1.69. The molecule has 0 atom stereocenters. The summed E-state index contributed by atoms with van der Waals surface area (Å²) in [6.07, 6.45) is 0. The Bertz CT molecular complexity index is 542. The van der Waals surface area contributed by atoms with Crippen LogP contribution in [0.2, 0.25) is 0 Å². The van der Waals surface area contributed by atoms with Crippen molar-refractivity contribution >= 4 is 44.9 Å². The Hall–Kier alpha value is -0.794. The molecule has 5 nitrogen and oxygen atoms in total. The molecular weight excluding hydrogens is 252 g/mol. The number of hydrogen-bond acceptors (Lipinski definition) is 3. The summed E-state index contributed by atoms with van der Waals surface area (Å²) in [7, 11) is -3.75. The molecule has 7 heteroatoms. The number of carbonyl (C=O) groups excluding carboxylic acids is 1. The molecule has 0 aromatic heterocycles. The monoisotopic (exact) mass is 264 g/mol. The Morgan fingerprint density at radius 3 is 2.41 bits per heavy atom. The van der Waals surface area contributed by atoms with Crippen LogP contribution >= 0.6 is 0 Å². The van der Waals surface area contributed by atoms with Gasteiger partial charge in [-0.2, -0.15) is 8.42 Å². The van der Waals surface area contributed by atoms with Crippen LogP contribution in [-0.2, 0) is 10.2 Å². The second-order valence-electron chi connectivity index (χ2n) is 3.85. The smallest absolute Gasteiger partial charge is 0.268 e. The third-order valence-electron chi connectivity index (χ3n) is 2.32. The van der Waals surface area contributed by atoms with Crippen molar-refractivity contribution in [3.8, 4) is 0 Å². The van der Waals surface area contributed by atoms with Crippen LogP contribution in [0, 0.1) is 0 Å². The molecule has 0 unspecified atom stereocenters. The van der Waals surface area contributed by atoms with Crippen LogP contribution in [0.25, 0.3) is 0 Å². The van der Waals surface area contributed by atoms with E-state index in [0.29, 0.717) is 11.3 Å². The zero-order valence-electron chi connectivity index (χ0n) is 9.67. The van der Waals surface area contributed by atoms with Crippen LogP contribution in [-0.4, -0.2) is 47.7 Å². The van der Waals surface area contributed by atoms with E-state index in [1.54, 1.807) is 38.1 Å². The molecule has 0 aliphatic carbocycles. The number of nitrogens with zero attached hydrogens (tertiary/aromatic N) is 1. The van der Waals surface area contributed by atoms with Gasteiger partial charge in [-0.05, 0) is 26.0 Å². The van der Waals surface area contributed by atoms with Crippen LogP contribution in [0.15, 0.2) is 24.3 Å². The van der Waals surface area contributed by atoms with Crippen molar-refractivity contribution < 1.29 is 13.2 Å². The molecule has 0 spiro atoms. The fraction of sp³-hybridized carbons (Fsp3) is 0.300. The van der Waals surface area contributed by atoms with Crippen LogP contribution in [0.5, 0.6) is 0 Å². The summed E-state index contributed by atoms with van der Waals surface area (Å²) < 4.78 is 26.8. The van der Waals surface area contributed by atoms with Crippen molar-refractivity contribution in [1.82, 2.24) is 4.31 Å². The number of carbonyl (C=O) groups is 1. The quantitative estimate of drug-likeness (QED) is 0.764. The van der Waals surface area contributed by atoms with Crippen molar-refractivity contribution in [3.05, 3.63) is 29.8 Å². The molecular formula is C10H12MgN2O3S+2. The third kappa shape index (κ3) is 2.41. The first-order chi connectivity index (χ1) is 7.43. The van der Waals surface area contributed by atoms with E-state index in [2.05, 4.69) is 4.72 Å². The van der Waals surface area contributed by atoms with Gasteiger partial charge in [0.2, 0.25) is 0 Å². The standard InChI is InChI=1S/C10H12N2O3S.Mg/c1-7(2)12-10(13)8-5-3-4-6-9(8)11-16(12,14)15;/h3-7,11H,1-2H3;/q;+2. The minimum absolute atomic E-state index is 0. The SMILES string of the molecule is CC(C)N1C(=O)c2ccccc2NS1(=O)=O.[Mg+2]. The zero-order chi connectivity index (χ0) is 11.9. The summed E-state index contributed by atoms with van der Waals surface area (Å²) >= 11 is 0. The first kappa shape index (κ1) is 14.3. The molecule has 86 valence electrons. The number of amides is 1. The Morgan fingerprint density at radius 1 is 1.24 bits per heavy atom. The van der Waals surface area contributed by atoms with Crippen LogP contribution in [0.3, 0.4) is 0 Å². The second kappa shape index (κ2) is 4.83. The summed E-state index contributed by atoms with van der Waals surface area (Å²) in [4.78, 5) is 12.0. The maximum Gasteiger partial charge on any atom is 2.00 e. The molecule has 1 N–H and O–H groups in total. The number of anilines is 1. The van der Waals surface area contributed by atoms with Gasteiger partial charge in [0.05, 0.1) is 11.3 Å². The number of para-hydroxylation sites is 1. The van der Waals surface area contributed by atoms with Gasteiger partial charge in [-0.15, -0.1) is 0 Å². The normalized spacial score (nSPS) is 17.1. The van der Waals surface area contributed by atoms with Gasteiger partial charge in [-0.1, -0.05) is 12.1 Å². The average molecular weight is 265 g/mol. The van der Waals surface area contributed by atoms with Gasteiger partial charge in [0, 0.05) is 6.04 Å². The number of fused-ring (bicyclic) bond motifs is 1. The van der Waals surface area contributed by atoms with E-state index in [9.17, 15) is 13.2 Å². The van der Waals surface area contributed by atoms with Gasteiger partial charge in [-0.3, -0.25) is 9.52 Å². The molecule has 2 rings (SSSR count). The maximum absolute atomic E-state index is 12.0. The molecule has 1 aliphatic rings. The van der Waals surface area contributed by atoms with E-state index >= 15 is 0 Å². The van der Waals surface area contributed by atoms with E-state index in [-0.39, 0.29) is 23.1 Å². The van der Waals surface area contributed by atoms with Crippen molar-refractivity contribution in [1.29, 1.82) is 0 Å². The summed E-state index contributed by atoms with van der Waals surface area (Å²) in [5, 5.41) is 0. The first-order valence-corrected chi connectivity index (χ1v) is 6.33. The topological polar surface area (TPSA) is 66.5 Å². The molecule has 1 heterocycles. The minimum atomic E-state index is -3.75. The summed E-state index contributed by atoms with van der Waals surface area (Å²) in [5.74, 6) is -0.482. The van der Waals surface area contributed by atoms with Crippen LogP contribution in [0.1, 0.15) is 24.2 Å². The molecule has 0 saturated carbocycles. The Labute approximate surface area is 117 Å². The van der Waals surface area contributed by atoms with E-state index in [0.717, 1.165) is 4.31 Å². The molecule has 1 aliphatic heterocycles. The van der Waals surface area contributed by atoms with Crippen LogP contribution < -0.4 is 4.72 Å². The summed E-state index contributed by atoms with van der Waals surface area (Å²) in [5.41, 5.74) is 0.718. The summed E-state index contributed by atoms with van der Waals surface area (Å²) in [6, 6.07) is 6.16. The molecule has 0 radical (unpaired) electrons. The van der Waals surface area contributed by atoms with E-state index < -0.39 is 22.2 Å². The third-order valence-corrected chi connectivity index (χ3v) is 3.91. The second-order valence-corrected chi connectivity index (χ2v) is 5.40. The van der Waals surface area contributed by atoms with Crippen molar-refractivity contribution in [2.45, 2.75) is 19.9 Å². The van der Waals surface area contributed by atoms with Crippen molar-refractivity contribution in [2.75, 3.05) is 4.72 Å².